The number of benzene rings is 3. The molecule has 29 heavy (non-hydrogen) atoms. The predicted molar refractivity (Wildman–Crippen MR) is 120 cm³/mol. The summed E-state index contributed by atoms with van der Waals surface area (Å²) in [4.78, 5) is 17.4. The first-order chi connectivity index (χ1) is 14.1. The van der Waals surface area contributed by atoms with Crippen molar-refractivity contribution in [2.45, 2.75) is 6.92 Å². The van der Waals surface area contributed by atoms with Crippen LogP contribution in [0.15, 0.2) is 82.7 Å². The molecule has 144 valence electrons. The van der Waals surface area contributed by atoms with Crippen LogP contribution < -0.4 is 10.1 Å². The fourth-order valence-corrected chi connectivity index (χ4v) is 3.77. The molecule has 0 radical (unpaired) electrons. The third kappa shape index (κ3) is 4.58. The SMILES string of the molecule is COc1ccc(-c2ccc(/C=C3\SC(=Nc4ccc(C)cc4)NC3=O)cc2)cc1. The molecule has 0 unspecified atom stereocenters. The molecule has 1 saturated heterocycles. The molecule has 1 heterocycles. The van der Waals surface area contributed by atoms with Gasteiger partial charge in [-0.25, -0.2) is 4.99 Å². The van der Waals surface area contributed by atoms with Crippen molar-refractivity contribution < 1.29 is 9.53 Å². The summed E-state index contributed by atoms with van der Waals surface area (Å²) >= 11 is 1.35. The van der Waals surface area contributed by atoms with Crippen LogP contribution in [-0.4, -0.2) is 18.2 Å². The van der Waals surface area contributed by atoms with Crippen LogP contribution in [0, 0.1) is 6.92 Å². The predicted octanol–water partition coefficient (Wildman–Crippen LogP) is 5.56. The van der Waals surface area contributed by atoms with Gasteiger partial charge in [0.15, 0.2) is 5.17 Å². The highest BCUT2D eigenvalue weighted by atomic mass is 32.2. The first-order valence-electron chi connectivity index (χ1n) is 9.21. The zero-order valence-electron chi connectivity index (χ0n) is 16.2. The van der Waals surface area contributed by atoms with Crippen molar-refractivity contribution in [1.82, 2.24) is 5.32 Å². The van der Waals surface area contributed by atoms with Gasteiger partial charge in [0.05, 0.1) is 17.7 Å². The summed E-state index contributed by atoms with van der Waals surface area (Å²) in [5.41, 5.74) is 5.20. The normalized spacial score (nSPS) is 16.3. The number of thioether (sulfide) groups is 1. The number of methoxy groups -OCH3 is 1. The molecule has 1 fully saturated rings. The Kier molecular flexibility index (Phi) is 5.49. The first-order valence-corrected chi connectivity index (χ1v) is 10.0. The second kappa shape index (κ2) is 8.37. The lowest BCUT2D eigenvalue weighted by molar-refractivity contribution is -0.115. The maximum Gasteiger partial charge on any atom is 0.264 e. The first kappa shape index (κ1) is 19.0. The highest BCUT2D eigenvalue weighted by Crippen LogP contribution is 2.29. The minimum absolute atomic E-state index is 0.125. The van der Waals surface area contributed by atoms with Crippen LogP contribution in [0.1, 0.15) is 11.1 Å². The van der Waals surface area contributed by atoms with Gasteiger partial charge in [0.2, 0.25) is 0 Å². The van der Waals surface area contributed by atoms with Gasteiger partial charge in [-0.1, -0.05) is 54.1 Å². The monoisotopic (exact) mass is 400 g/mol. The van der Waals surface area contributed by atoms with Gasteiger partial charge in [-0.05, 0) is 65.7 Å². The highest BCUT2D eigenvalue weighted by Gasteiger charge is 2.23. The van der Waals surface area contributed by atoms with E-state index in [9.17, 15) is 4.79 Å². The maximum absolute atomic E-state index is 12.3. The molecule has 0 bridgehead atoms. The molecule has 1 aliphatic heterocycles. The van der Waals surface area contributed by atoms with E-state index in [0.29, 0.717) is 10.1 Å². The van der Waals surface area contributed by atoms with E-state index in [1.807, 2.05) is 85.8 Å². The second-order valence-electron chi connectivity index (χ2n) is 6.67. The van der Waals surface area contributed by atoms with Gasteiger partial charge in [0.1, 0.15) is 5.75 Å². The van der Waals surface area contributed by atoms with Gasteiger partial charge in [-0.3, -0.25) is 4.79 Å². The average molecular weight is 401 g/mol. The number of aryl methyl sites for hydroxylation is 1. The molecule has 3 aromatic rings. The number of aliphatic imine (C=N–C) groups is 1. The zero-order chi connectivity index (χ0) is 20.2. The summed E-state index contributed by atoms with van der Waals surface area (Å²) in [5, 5.41) is 3.43. The number of carbonyl (C=O) groups is 1. The molecule has 0 aromatic heterocycles. The summed E-state index contributed by atoms with van der Waals surface area (Å²) in [7, 11) is 1.66. The van der Waals surface area contributed by atoms with Crippen LogP contribution >= 0.6 is 11.8 Å². The summed E-state index contributed by atoms with van der Waals surface area (Å²) in [6.45, 7) is 2.03. The van der Waals surface area contributed by atoms with E-state index in [-0.39, 0.29) is 5.91 Å². The van der Waals surface area contributed by atoms with Gasteiger partial charge >= 0.3 is 0 Å². The number of amidine groups is 1. The maximum atomic E-state index is 12.3. The standard InChI is InChI=1S/C24H20N2O2S/c1-16-3-11-20(12-4-16)25-24-26-23(27)22(29-24)15-17-5-7-18(8-6-17)19-9-13-21(28-2)14-10-19/h3-15H,1-2H3,(H,25,26,27)/b22-15-. The summed E-state index contributed by atoms with van der Waals surface area (Å²) < 4.78 is 5.20. The van der Waals surface area contributed by atoms with Crippen molar-refractivity contribution in [2.75, 3.05) is 7.11 Å². The summed E-state index contributed by atoms with van der Waals surface area (Å²) in [6.07, 6.45) is 1.88. The van der Waals surface area contributed by atoms with Gasteiger partial charge in [-0.15, -0.1) is 0 Å². The van der Waals surface area contributed by atoms with E-state index < -0.39 is 0 Å². The zero-order valence-corrected chi connectivity index (χ0v) is 17.0. The van der Waals surface area contributed by atoms with Crippen molar-refractivity contribution >= 4 is 34.6 Å². The quantitative estimate of drug-likeness (QED) is 0.583. The Hall–Kier alpha value is -3.31. The fourth-order valence-electron chi connectivity index (χ4n) is 2.92. The van der Waals surface area contributed by atoms with E-state index in [0.717, 1.165) is 28.1 Å². The Morgan fingerprint density at radius 1 is 0.897 bits per heavy atom. The fraction of sp³-hybridized carbons (Fsp3) is 0.0833. The highest BCUT2D eigenvalue weighted by molar-refractivity contribution is 8.18. The lowest BCUT2D eigenvalue weighted by atomic mass is 10.0. The molecular weight excluding hydrogens is 380 g/mol. The Balaban J connectivity index is 1.50. The van der Waals surface area contributed by atoms with E-state index in [1.165, 1.54) is 17.3 Å². The largest absolute Gasteiger partial charge is 0.497 e. The minimum atomic E-state index is -0.125. The van der Waals surface area contributed by atoms with Crippen molar-refractivity contribution in [2.24, 2.45) is 4.99 Å². The van der Waals surface area contributed by atoms with Crippen LogP contribution in [0.3, 0.4) is 0 Å². The van der Waals surface area contributed by atoms with Gasteiger partial charge in [0, 0.05) is 0 Å². The molecule has 4 nitrogen and oxygen atoms in total. The van der Waals surface area contributed by atoms with Crippen LogP contribution in [-0.2, 0) is 4.79 Å². The Bertz CT molecular complexity index is 1080. The molecule has 4 rings (SSSR count). The Morgan fingerprint density at radius 3 is 2.14 bits per heavy atom. The number of nitrogens with zero attached hydrogens (tertiary/aromatic N) is 1. The molecule has 0 spiro atoms. The van der Waals surface area contributed by atoms with Gasteiger partial charge in [0.25, 0.3) is 5.91 Å². The third-order valence-corrected chi connectivity index (χ3v) is 5.46. The number of rotatable bonds is 4. The number of ether oxygens (including phenoxy) is 1. The van der Waals surface area contributed by atoms with E-state index in [2.05, 4.69) is 10.3 Å². The summed E-state index contributed by atoms with van der Waals surface area (Å²) in [6, 6.07) is 23.9. The Morgan fingerprint density at radius 2 is 1.52 bits per heavy atom. The molecule has 1 N–H and O–H groups in total. The van der Waals surface area contributed by atoms with Crippen molar-refractivity contribution in [1.29, 1.82) is 0 Å². The number of amides is 1. The Labute approximate surface area is 174 Å². The number of carbonyl (C=O) groups excluding carboxylic acids is 1. The third-order valence-electron chi connectivity index (χ3n) is 4.55. The van der Waals surface area contributed by atoms with Crippen molar-refractivity contribution in [3.8, 4) is 16.9 Å². The van der Waals surface area contributed by atoms with Crippen LogP contribution in [0.5, 0.6) is 5.75 Å². The van der Waals surface area contributed by atoms with Crippen molar-refractivity contribution in [3.63, 3.8) is 0 Å². The number of hydrogen-bond acceptors (Lipinski definition) is 4. The van der Waals surface area contributed by atoms with Crippen LogP contribution in [0.4, 0.5) is 5.69 Å². The lowest BCUT2D eigenvalue weighted by Gasteiger charge is -2.04. The minimum Gasteiger partial charge on any atom is -0.497 e. The van der Waals surface area contributed by atoms with E-state index >= 15 is 0 Å². The molecule has 0 aliphatic carbocycles. The second-order valence-corrected chi connectivity index (χ2v) is 7.70. The van der Waals surface area contributed by atoms with E-state index in [4.69, 9.17) is 4.74 Å². The van der Waals surface area contributed by atoms with Crippen LogP contribution in [0.2, 0.25) is 0 Å². The molecular formula is C24H20N2O2S. The average Bonchev–Trinajstić information content (AvgIpc) is 3.09. The molecule has 0 atom stereocenters. The van der Waals surface area contributed by atoms with Gasteiger partial charge < -0.3 is 10.1 Å². The molecule has 0 saturated carbocycles. The molecule has 5 heteroatoms. The smallest absolute Gasteiger partial charge is 0.264 e. The number of hydrogen-bond donors (Lipinski definition) is 1. The molecule has 1 aliphatic rings. The number of nitrogens with one attached hydrogen (secondary N) is 1. The van der Waals surface area contributed by atoms with Crippen LogP contribution in [0.25, 0.3) is 17.2 Å². The lowest BCUT2D eigenvalue weighted by Crippen LogP contribution is -2.19. The van der Waals surface area contributed by atoms with Crippen molar-refractivity contribution in [3.05, 3.63) is 88.8 Å². The summed E-state index contributed by atoms with van der Waals surface area (Å²) in [5.74, 6) is 0.711. The molecule has 1 amide bonds. The topological polar surface area (TPSA) is 50.7 Å². The molecule has 3 aromatic carbocycles. The van der Waals surface area contributed by atoms with E-state index in [1.54, 1.807) is 7.11 Å². The van der Waals surface area contributed by atoms with Gasteiger partial charge in [-0.2, -0.15) is 0 Å².